The lowest BCUT2D eigenvalue weighted by Crippen LogP contribution is -2.46. The van der Waals surface area contributed by atoms with Gasteiger partial charge in [-0.15, -0.1) is 0 Å². The zero-order valence-electron chi connectivity index (χ0n) is 13.4. The minimum absolute atomic E-state index is 0.134. The number of hydrogen-bond donors (Lipinski definition) is 3. The van der Waals surface area contributed by atoms with E-state index in [9.17, 15) is 14.4 Å². The molecule has 1 rings (SSSR count). The quantitative estimate of drug-likeness (QED) is 0.670. The van der Waals surface area contributed by atoms with Crippen molar-refractivity contribution >= 4 is 33.7 Å². The van der Waals surface area contributed by atoms with Gasteiger partial charge >= 0.3 is 5.97 Å². The summed E-state index contributed by atoms with van der Waals surface area (Å²) in [6, 6.07) is 4.29. The van der Waals surface area contributed by atoms with Gasteiger partial charge < -0.3 is 15.7 Å². The van der Waals surface area contributed by atoms with Gasteiger partial charge in [0, 0.05) is 4.47 Å². The van der Waals surface area contributed by atoms with E-state index in [0.29, 0.717) is 16.5 Å². The van der Waals surface area contributed by atoms with Crippen molar-refractivity contribution in [1.82, 2.24) is 10.6 Å². The van der Waals surface area contributed by atoms with Crippen molar-refractivity contribution in [3.63, 3.8) is 0 Å². The van der Waals surface area contributed by atoms with Crippen LogP contribution in [0.3, 0.4) is 0 Å². The fourth-order valence-electron chi connectivity index (χ4n) is 2.02. The highest BCUT2D eigenvalue weighted by Crippen LogP contribution is 2.20. The molecule has 7 heteroatoms. The van der Waals surface area contributed by atoms with Crippen LogP contribution in [0.1, 0.15) is 36.2 Å². The molecule has 0 aliphatic rings. The molecule has 1 atom stereocenters. The maximum atomic E-state index is 12.1. The predicted octanol–water partition coefficient (Wildman–Crippen LogP) is 2.10. The zero-order valence-corrected chi connectivity index (χ0v) is 14.9. The minimum Gasteiger partial charge on any atom is -0.480 e. The Morgan fingerprint density at radius 2 is 1.91 bits per heavy atom. The number of halogens is 1. The van der Waals surface area contributed by atoms with Gasteiger partial charge in [0.05, 0.1) is 12.1 Å². The van der Waals surface area contributed by atoms with Crippen molar-refractivity contribution in [3.05, 3.63) is 33.8 Å². The molecule has 0 fully saturated rings. The molecule has 126 valence electrons. The highest BCUT2D eigenvalue weighted by molar-refractivity contribution is 9.10. The summed E-state index contributed by atoms with van der Waals surface area (Å²) in [7, 11) is 0. The molecule has 3 N–H and O–H groups in total. The molecule has 0 saturated heterocycles. The molecule has 0 bridgehead atoms. The van der Waals surface area contributed by atoms with E-state index in [2.05, 4.69) is 26.6 Å². The number of amides is 2. The number of aryl methyl sites for hydroxylation is 1. The van der Waals surface area contributed by atoms with E-state index in [1.54, 1.807) is 12.1 Å². The molecule has 1 aromatic carbocycles. The summed E-state index contributed by atoms with van der Waals surface area (Å²) in [5.41, 5.74) is 1.33. The van der Waals surface area contributed by atoms with Crippen LogP contribution in [0.5, 0.6) is 0 Å². The highest BCUT2D eigenvalue weighted by atomic mass is 79.9. The van der Waals surface area contributed by atoms with Crippen molar-refractivity contribution < 1.29 is 19.5 Å². The van der Waals surface area contributed by atoms with Gasteiger partial charge in [-0.05, 0) is 46.8 Å². The van der Waals surface area contributed by atoms with Crippen LogP contribution >= 0.6 is 15.9 Å². The fourth-order valence-corrected chi connectivity index (χ4v) is 2.46. The molecule has 0 spiro atoms. The van der Waals surface area contributed by atoms with E-state index in [-0.39, 0.29) is 12.5 Å². The van der Waals surface area contributed by atoms with Gasteiger partial charge in [0.15, 0.2) is 0 Å². The fraction of sp³-hybridized carbons (Fsp3) is 0.438. The number of carbonyl (C=O) groups excluding carboxylic acids is 2. The summed E-state index contributed by atoms with van der Waals surface area (Å²) in [5, 5.41) is 14.0. The second-order valence-electron chi connectivity index (χ2n) is 5.71. The largest absolute Gasteiger partial charge is 0.480 e. The Bertz CT molecular complexity index is 602. The number of benzene rings is 1. The highest BCUT2D eigenvalue weighted by Gasteiger charge is 2.21. The van der Waals surface area contributed by atoms with Crippen LogP contribution in [0, 0.1) is 12.8 Å². The van der Waals surface area contributed by atoms with Gasteiger partial charge in [0.25, 0.3) is 5.91 Å². The van der Waals surface area contributed by atoms with E-state index >= 15 is 0 Å². The Kier molecular flexibility index (Phi) is 7.22. The molecule has 2 amide bonds. The molecular weight excluding hydrogens is 364 g/mol. The summed E-state index contributed by atoms with van der Waals surface area (Å²) in [6.45, 7) is 5.33. The lowest BCUT2D eigenvalue weighted by molar-refractivity contribution is -0.142. The Morgan fingerprint density at radius 3 is 2.48 bits per heavy atom. The van der Waals surface area contributed by atoms with Crippen LogP contribution in [0.4, 0.5) is 0 Å². The minimum atomic E-state index is -1.08. The van der Waals surface area contributed by atoms with Crippen LogP contribution in [-0.2, 0) is 9.59 Å². The standard InChI is InChI=1S/C16H21BrN2O4/c1-9(2)7-12(16(22)23)19-13(20)8-18-15(21)11-6-4-5-10(3)14(11)17/h4-6,9,12H,7-8H2,1-3H3,(H,18,21)(H,19,20)(H,22,23)/t12-/m0/s1. The van der Waals surface area contributed by atoms with Crippen molar-refractivity contribution in [1.29, 1.82) is 0 Å². The second kappa shape index (κ2) is 8.67. The number of carbonyl (C=O) groups is 3. The maximum absolute atomic E-state index is 12.1. The lowest BCUT2D eigenvalue weighted by atomic mass is 10.0. The normalized spacial score (nSPS) is 11.9. The van der Waals surface area contributed by atoms with E-state index in [1.165, 1.54) is 0 Å². The number of carboxylic acid groups (broad SMARTS) is 1. The molecule has 0 aliphatic carbocycles. The summed E-state index contributed by atoms with van der Waals surface area (Å²) in [6.07, 6.45) is 0.332. The van der Waals surface area contributed by atoms with Gasteiger partial charge in [-0.3, -0.25) is 9.59 Å². The molecule has 6 nitrogen and oxygen atoms in total. The van der Waals surface area contributed by atoms with Crippen molar-refractivity contribution in [2.24, 2.45) is 5.92 Å². The first-order valence-electron chi connectivity index (χ1n) is 7.27. The van der Waals surface area contributed by atoms with Gasteiger partial charge in [-0.2, -0.15) is 0 Å². The maximum Gasteiger partial charge on any atom is 0.326 e. The Balaban J connectivity index is 2.60. The van der Waals surface area contributed by atoms with Crippen molar-refractivity contribution in [2.45, 2.75) is 33.2 Å². The van der Waals surface area contributed by atoms with Crippen LogP contribution in [0.15, 0.2) is 22.7 Å². The van der Waals surface area contributed by atoms with Gasteiger partial charge in [0.2, 0.25) is 5.91 Å². The average Bonchev–Trinajstić information content (AvgIpc) is 2.46. The summed E-state index contributed by atoms with van der Waals surface area (Å²) >= 11 is 3.34. The van der Waals surface area contributed by atoms with E-state index in [1.807, 2.05) is 26.8 Å². The van der Waals surface area contributed by atoms with Crippen LogP contribution in [-0.4, -0.2) is 35.5 Å². The number of aliphatic carboxylic acids is 1. The van der Waals surface area contributed by atoms with Gasteiger partial charge in [-0.25, -0.2) is 4.79 Å². The Morgan fingerprint density at radius 1 is 1.26 bits per heavy atom. The molecule has 0 aromatic heterocycles. The van der Waals surface area contributed by atoms with Gasteiger partial charge in [0.1, 0.15) is 6.04 Å². The van der Waals surface area contributed by atoms with Crippen LogP contribution in [0.25, 0.3) is 0 Å². The first-order chi connectivity index (χ1) is 10.7. The SMILES string of the molecule is Cc1cccc(C(=O)NCC(=O)N[C@@H](CC(C)C)C(=O)O)c1Br. The Labute approximate surface area is 143 Å². The number of hydrogen-bond acceptors (Lipinski definition) is 3. The van der Waals surface area contributed by atoms with E-state index < -0.39 is 23.8 Å². The average molecular weight is 385 g/mol. The topological polar surface area (TPSA) is 95.5 Å². The number of nitrogens with one attached hydrogen (secondary N) is 2. The molecule has 23 heavy (non-hydrogen) atoms. The first kappa shape index (κ1) is 19.2. The zero-order chi connectivity index (χ0) is 17.6. The lowest BCUT2D eigenvalue weighted by Gasteiger charge is -2.16. The molecular formula is C16H21BrN2O4. The van der Waals surface area contributed by atoms with Crippen molar-refractivity contribution in [3.8, 4) is 0 Å². The number of rotatable bonds is 7. The molecule has 1 aromatic rings. The number of carboxylic acids is 1. The Hall–Kier alpha value is -1.89. The van der Waals surface area contributed by atoms with Gasteiger partial charge in [-0.1, -0.05) is 26.0 Å². The summed E-state index contributed by atoms with van der Waals surface area (Å²) < 4.78 is 0.668. The molecule has 0 heterocycles. The summed E-state index contributed by atoms with van der Waals surface area (Å²) in [4.78, 5) is 35.0. The van der Waals surface area contributed by atoms with E-state index in [0.717, 1.165) is 5.56 Å². The predicted molar refractivity (Wildman–Crippen MR) is 90.2 cm³/mol. The van der Waals surface area contributed by atoms with Crippen LogP contribution in [0.2, 0.25) is 0 Å². The van der Waals surface area contributed by atoms with E-state index in [4.69, 9.17) is 5.11 Å². The monoisotopic (exact) mass is 384 g/mol. The molecule has 0 saturated carbocycles. The third-order valence-electron chi connectivity index (χ3n) is 3.19. The van der Waals surface area contributed by atoms with Crippen molar-refractivity contribution in [2.75, 3.05) is 6.54 Å². The van der Waals surface area contributed by atoms with Crippen LogP contribution < -0.4 is 10.6 Å². The third kappa shape index (κ3) is 6.02. The third-order valence-corrected chi connectivity index (χ3v) is 4.24. The second-order valence-corrected chi connectivity index (χ2v) is 6.50. The first-order valence-corrected chi connectivity index (χ1v) is 8.07. The molecule has 0 unspecified atom stereocenters. The molecule has 0 radical (unpaired) electrons. The summed E-state index contributed by atoms with van der Waals surface area (Å²) in [5.74, 6) is -1.88. The smallest absolute Gasteiger partial charge is 0.326 e. The molecule has 0 aliphatic heterocycles.